The summed E-state index contributed by atoms with van der Waals surface area (Å²) in [6.07, 6.45) is -2.59. The molecule has 0 aliphatic heterocycles. The number of aromatic nitrogens is 1. The van der Waals surface area contributed by atoms with E-state index in [2.05, 4.69) is 4.98 Å². The lowest BCUT2D eigenvalue weighted by Crippen LogP contribution is -2.03. The molecule has 0 aliphatic carbocycles. The van der Waals surface area contributed by atoms with Crippen molar-refractivity contribution in [2.45, 2.75) is 12.3 Å². The van der Waals surface area contributed by atoms with Crippen molar-refractivity contribution in [1.29, 1.82) is 0 Å². The third-order valence-electron chi connectivity index (χ3n) is 1.48. The molecule has 1 rings (SSSR count). The van der Waals surface area contributed by atoms with Gasteiger partial charge < -0.3 is 0 Å². The number of nitrogens with zero attached hydrogens (tertiary/aromatic N) is 1. The molecular formula is C7H4ClF4N. The Labute approximate surface area is 76.3 Å². The first-order valence-corrected chi connectivity index (χ1v) is 3.78. The van der Waals surface area contributed by atoms with Crippen LogP contribution in [0.5, 0.6) is 0 Å². The van der Waals surface area contributed by atoms with E-state index in [1.165, 1.54) is 0 Å². The molecule has 0 spiro atoms. The zero-order chi connectivity index (χ0) is 10.0. The predicted molar refractivity (Wildman–Crippen MR) is 38.7 cm³/mol. The van der Waals surface area contributed by atoms with Crippen molar-refractivity contribution < 1.29 is 17.6 Å². The van der Waals surface area contributed by atoms with Crippen LogP contribution in [0.25, 0.3) is 0 Å². The SMILES string of the molecule is Fc1cnc(F)c(C(F)F)c1CCl. The van der Waals surface area contributed by atoms with Gasteiger partial charge in [0.25, 0.3) is 6.43 Å². The lowest BCUT2D eigenvalue weighted by molar-refractivity contribution is 0.143. The minimum Gasteiger partial charge on any atom is -0.225 e. The minimum absolute atomic E-state index is 0.509. The number of halogens is 5. The fourth-order valence-electron chi connectivity index (χ4n) is 0.872. The first-order chi connectivity index (χ1) is 6.07. The van der Waals surface area contributed by atoms with Crippen LogP contribution < -0.4 is 0 Å². The Morgan fingerprint density at radius 3 is 2.38 bits per heavy atom. The van der Waals surface area contributed by atoms with Crippen LogP contribution in [-0.4, -0.2) is 4.98 Å². The van der Waals surface area contributed by atoms with Crippen molar-refractivity contribution in [1.82, 2.24) is 4.98 Å². The molecule has 1 aromatic rings. The van der Waals surface area contributed by atoms with Gasteiger partial charge in [-0.25, -0.2) is 18.2 Å². The molecule has 0 N–H and O–H groups in total. The smallest absolute Gasteiger partial charge is 0.225 e. The molecule has 0 radical (unpaired) electrons. The van der Waals surface area contributed by atoms with Gasteiger partial charge in [0.1, 0.15) is 5.82 Å². The molecule has 1 nitrogen and oxygen atoms in total. The van der Waals surface area contributed by atoms with Crippen LogP contribution in [0.4, 0.5) is 17.6 Å². The van der Waals surface area contributed by atoms with Crippen molar-refractivity contribution in [3.8, 4) is 0 Å². The molecule has 0 bridgehead atoms. The maximum atomic E-state index is 12.7. The maximum Gasteiger partial charge on any atom is 0.268 e. The quantitative estimate of drug-likeness (QED) is 0.418. The van der Waals surface area contributed by atoms with E-state index in [0.717, 1.165) is 0 Å². The Bertz CT molecular complexity index is 316. The third kappa shape index (κ3) is 1.91. The summed E-state index contributed by atoms with van der Waals surface area (Å²) in [6.45, 7) is 0. The average molecular weight is 214 g/mol. The van der Waals surface area contributed by atoms with E-state index < -0.39 is 35.2 Å². The first-order valence-electron chi connectivity index (χ1n) is 3.24. The highest BCUT2D eigenvalue weighted by atomic mass is 35.5. The Hall–Kier alpha value is -0.840. The van der Waals surface area contributed by atoms with Crippen molar-refractivity contribution in [3.05, 3.63) is 29.1 Å². The van der Waals surface area contributed by atoms with Crippen LogP contribution in [-0.2, 0) is 5.88 Å². The molecule has 13 heavy (non-hydrogen) atoms. The van der Waals surface area contributed by atoms with E-state index in [1.54, 1.807) is 0 Å². The summed E-state index contributed by atoms with van der Waals surface area (Å²) in [5.41, 5.74) is -1.60. The van der Waals surface area contributed by atoms with Crippen molar-refractivity contribution in [2.75, 3.05) is 0 Å². The van der Waals surface area contributed by atoms with Gasteiger partial charge in [0.2, 0.25) is 5.95 Å². The Kier molecular flexibility index (Phi) is 3.08. The number of hydrogen-bond acceptors (Lipinski definition) is 1. The van der Waals surface area contributed by atoms with Crippen LogP contribution in [0.1, 0.15) is 17.6 Å². The van der Waals surface area contributed by atoms with E-state index in [-0.39, 0.29) is 0 Å². The zero-order valence-corrected chi connectivity index (χ0v) is 6.95. The predicted octanol–water partition coefficient (Wildman–Crippen LogP) is 3.04. The van der Waals surface area contributed by atoms with Crippen LogP contribution in [0, 0.1) is 11.8 Å². The van der Waals surface area contributed by atoms with Crippen LogP contribution >= 0.6 is 11.6 Å². The molecule has 0 aromatic carbocycles. The van der Waals surface area contributed by atoms with Gasteiger partial charge >= 0.3 is 0 Å². The molecule has 0 saturated carbocycles. The monoisotopic (exact) mass is 213 g/mol. The molecule has 0 amide bonds. The van der Waals surface area contributed by atoms with Gasteiger partial charge in [-0.1, -0.05) is 0 Å². The van der Waals surface area contributed by atoms with E-state index >= 15 is 0 Å². The van der Waals surface area contributed by atoms with Crippen molar-refractivity contribution >= 4 is 11.6 Å². The molecule has 0 unspecified atom stereocenters. The number of pyridine rings is 1. The highest BCUT2D eigenvalue weighted by Gasteiger charge is 2.21. The van der Waals surface area contributed by atoms with Crippen molar-refractivity contribution in [3.63, 3.8) is 0 Å². The standard InChI is InChI=1S/C7H4ClF4N/c8-1-3-4(9)2-13-7(12)5(3)6(10)11/h2,6H,1H2. The summed E-state index contributed by atoms with van der Waals surface area (Å²) in [4.78, 5) is 2.83. The second kappa shape index (κ2) is 3.91. The second-order valence-corrected chi connectivity index (χ2v) is 2.49. The average Bonchev–Trinajstić information content (AvgIpc) is 2.07. The van der Waals surface area contributed by atoms with Gasteiger partial charge in [-0.15, -0.1) is 11.6 Å². The Morgan fingerprint density at radius 1 is 1.38 bits per heavy atom. The van der Waals surface area contributed by atoms with Gasteiger partial charge in [-0.2, -0.15) is 4.39 Å². The molecule has 1 aromatic heterocycles. The Balaban J connectivity index is 3.35. The van der Waals surface area contributed by atoms with E-state index in [1.807, 2.05) is 0 Å². The molecule has 0 fully saturated rings. The van der Waals surface area contributed by atoms with Gasteiger partial charge in [-0.05, 0) is 0 Å². The summed E-state index contributed by atoms with van der Waals surface area (Å²) in [6, 6.07) is 0. The lowest BCUT2D eigenvalue weighted by Gasteiger charge is -2.06. The molecule has 1 heterocycles. The fourth-order valence-corrected chi connectivity index (χ4v) is 1.14. The Morgan fingerprint density at radius 2 is 2.00 bits per heavy atom. The van der Waals surface area contributed by atoms with Gasteiger partial charge in [0, 0.05) is 5.56 Å². The fraction of sp³-hybridized carbons (Fsp3) is 0.286. The summed E-state index contributed by atoms with van der Waals surface area (Å²) in [5.74, 6) is -2.91. The molecule has 72 valence electrons. The normalized spacial score (nSPS) is 10.9. The molecule has 0 aliphatic rings. The number of hydrogen-bond donors (Lipinski definition) is 0. The van der Waals surface area contributed by atoms with Gasteiger partial charge in [0.05, 0.1) is 17.6 Å². The summed E-state index contributed by atoms with van der Waals surface area (Å²) < 4.78 is 49.7. The topological polar surface area (TPSA) is 12.9 Å². The van der Waals surface area contributed by atoms with Gasteiger partial charge in [-0.3, -0.25) is 0 Å². The maximum absolute atomic E-state index is 12.7. The highest BCUT2D eigenvalue weighted by Crippen LogP contribution is 2.27. The third-order valence-corrected chi connectivity index (χ3v) is 1.75. The van der Waals surface area contributed by atoms with Gasteiger partial charge in [0.15, 0.2) is 0 Å². The summed E-state index contributed by atoms with van der Waals surface area (Å²) in [7, 11) is 0. The zero-order valence-electron chi connectivity index (χ0n) is 6.20. The van der Waals surface area contributed by atoms with E-state index in [4.69, 9.17) is 11.6 Å². The van der Waals surface area contributed by atoms with Crippen molar-refractivity contribution in [2.24, 2.45) is 0 Å². The van der Waals surface area contributed by atoms with Crippen LogP contribution in [0.3, 0.4) is 0 Å². The largest absolute Gasteiger partial charge is 0.268 e. The van der Waals surface area contributed by atoms with E-state index in [9.17, 15) is 17.6 Å². The summed E-state index contributed by atoms with van der Waals surface area (Å²) >= 11 is 5.19. The molecular weight excluding hydrogens is 210 g/mol. The highest BCUT2D eigenvalue weighted by molar-refractivity contribution is 6.17. The number of rotatable bonds is 2. The second-order valence-electron chi connectivity index (χ2n) is 2.22. The number of alkyl halides is 3. The molecule has 0 atom stereocenters. The first kappa shape index (κ1) is 10.2. The molecule has 6 heteroatoms. The van der Waals surface area contributed by atoms with E-state index in [0.29, 0.717) is 6.20 Å². The lowest BCUT2D eigenvalue weighted by atomic mass is 10.1. The summed E-state index contributed by atoms with van der Waals surface area (Å²) in [5, 5.41) is 0. The minimum atomic E-state index is -3.11. The van der Waals surface area contributed by atoms with Crippen LogP contribution in [0.15, 0.2) is 6.20 Å². The molecule has 0 saturated heterocycles. The van der Waals surface area contributed by atoms with Crippen LogP contribution in [0.2, 0.25) is 0 Å².